The van der Waals surface area contributed by atoms with Crippen molar-refractivity contribution in [1.29, 1.82) is 0 Å². The van der Waals surface area contributed by atoms with Crippen LogP contribution in [0.25, 0.3) is 6.08 Å². The molecule has 0 aliphatic carbocycles. The molecule has 2 aromatic carbocycles. The van der Waals surface area contributed by atoms with E-state index in [1.54, 1.807) is 36.3 Å². The third kappa shape index (κ3) is 3.57. The highest BCUT2D eigenvalue weighted by atomic mass is 79.9. The maximum atomic E-state index is 12.3. The van der Waals surface area contributed by atoms with Gasteiger partial charge >= 0.3 is 5.97 Å². The molecule has 0 spiro atoms. The van der Waals surface area contributed by atoms with Crippen LogP contribution in [0.5, 0.6) is 5.75 Å². The van der Waals surface area contributed by atoms with Gasteiger partial charge in [-0.3, -0.25) is 4.79 Å². The molecule has 0 saturated carbocycles. The minimum absolute atomic E-state index is 0.130. The summed E-state index contributed by atoms with van der Waals surface area (Å²) < 4.78 is 11.5. The van der Waals surface area contributed by atoms with Gasteiger partial charge in [-0.1, -0.05) is 15.9 Å². The maximum Gasteiger partial charge on any atom is 0.363 e. The zero-order valence-electron chi connectivity index (χ0n) is 15.1. The van der Waals surface area contributed by atoms with Crippen LogP contribution in [0.15, 0.2) is 57.6 Å². The van der Waals surface area contributed by atoms with E-state index >= 15 is 0 Å². The molecule has 7 heteroatoms. The number of cyclic esters (lactones) is 1. The zero-order valence-corrected chi connectivity index (χ0v) is 16.7. The fourth-order valence-corrected chi connectivity index (χ4v) is 3.58. The van der Waals surface area contributed by atoms with Gasteiger partial charge in [0.25, 0.3) is 0 Å². The van der Waals surface area contributed by atoms with Gasteiger partial charge in [0.15, 0.2) is 5.70 Å². The van der Waals surface area contributed by atoms with Gasteiger partial charge < -0.3 is 14.4 Å². The van der Waals surface area contributed by atoms with Crippen molar-refractivity contribution in [1.82, 2.24) is 0 Å². The minimum atomic E-state index is -0.518. The normalized spacial score (nSPS) is 17.9. The Hall–Kier alpha value is -2.93. The third-order valence-electron chi connectivity index (χ3n) is 4.60. The van der Waals surface area contributed by atoms with E-state index in [4.69, 9.17) is 9.47 Å². The first-order valence-corrected chi connectivity index (χ1v) is 9.61. The van der Waals surface area contributed by atoms with Crippen molar-refractivity contribution in [3.8, 4) is 5.75 Å². The highest BCUT2D eigenvalue weighted by Gasteiger charge is 2.26. The van der Waals surface area contributed by atoms with E-state index in [9.17, 15) is 9.59 Å². The molecule has 1 saturated heterocycles. The summed E-state index contributed by atoms with van der Waals surface area (Å²) in [5, 5.41) is 0. The Labute approximate surface area is 170 Å². The lowest BCUT2D eigenvalue weighted by Crippen LogP contribution is -2.23. The van der Waals surface area contributed by atoms with Crippen LogP contribution in [-0.2, 0) is 14.3 Å². The van der Waals surface area contributed by atoms with Crippen LogP contribution in [0.4, 0.5) is 5.69 Å². The van der Waals surface area contributed by atoms with Crippen molar-refractivity contribution in [3.05, 3.63) is 63.8 Å². The summed E-state index contributed by atoms with van der Waals surface area (Å²) >= 11 is 3.41. The van der Waals surface area contributed by atoms with Crippen molar-refractivity contribution in [2.24, 2.45) is 4.99 Å². The van der Waals surface area contributed by atoms with Crippen molar-refractivity contribution in [2.45, 2.75) is 12.8 Å². The highest BCUT2D eigenvalue weighted by molar-refractivity contribution is 9.10. The number of hydrogen-bond acceptors (Lipinski definition) is 5. The molecule has 2 aliphatic rings. The molecule has 28 heavy (non-hydrogen) atoms. The number of carbonyl (C=O) groups excluding carboxylic acids is 2. The second-order valence-corrected chi connectivity index (χ2v) is 7.33. The summed E-state index contributed by atoms with van der Waals surface area (Å²) in [5.41, 5.74) is 2.43. The first kappa shape index (κ1) is 18.4. The molecule has 6 nitrogen and oxygen atoms in total. The van der Waals surface area contributed by atoms with Gasteiger partial charge in [0, 0.05) is 34.3 Å². The number of nitrogens with zero attached hydrogens (tertiary/aromatic N) is 2. The number of esters is 1. The number of methoxy groups -OCH3 is 1. The number of rotatable bonds is 4. The van der Waals surface area contributed by atoms with Gasteiger partial charge in [-0.25, -0.2) is 9.79 Å². The van der Waals surface area contributed by atoms with Crippen molar-refractivity contribution in [3.63, 3.8) is 0 Å². The number of ether oxygens (including phenoxy) is 2. The zero-order chi connectivity index (χ0) is 19.7. The average molecular weight is 441 g/mol. The van der Waals surface area contributed by atoms with E-state index in [-0.39, 0.29) is 17.5 Å². The van der Waals surface area contributed by atoms with Crippen LogP contribution in [0.1, 0.15) is 24.0 Å². The van der Waals surface area contributed by atoms with E-state index in [2.05, 4.69) is 20.9 Å². The molecule has 0 unspecified atom stereocenters. The molecular formula is C21H17BrN2O4. The summed E-state index contributed by atoms with van der Waals surface area (Å²) in [6, 6.07) is 12.8. The Morgan fingerprint density at radius 1 is 1.18 bits per heavy atom. The summed E-state index contributed by atoms with van der Waals surface area (Å²) in [6.45, 7) is 0.732. The quantitative estimate of drug-likeness (QED) is 0.533. The molecule has 142 valence electrons. The second kappa shape index (κ2) is 7.59. The number of halogens is 1. The standard InChI is InChI=1S/C21H17BrN2O4/c1-27-18-9-6-15(22)11-14(18)12-17-21(26)28-20(23-17)13-4-7-16(8-5-13)24-10-2-3-19(24)25/h4-9,11-12H,2-3,10H2,1H3/b17-12-. The molecule has 2 heterocycles. The van der Waals surface area contributed by atoms with Gasteiger partial charge in [0.05, 0.1) is 7.11 Å². The molecule has 0 N–H and O–H groups in total. The Morgan fingerprint density at radius 3 is 2.64 bits per heavy atom. The fraction of sp³-hybridized carbons (Fsp3) is 0.190. The maximum absolute atomic E-state index is 12.3. The van der Waals surface area contributed by atoms with Crippen molar-refractivity contribution in [2.75, 3.05) is 18.6 Å². The van der Waals surface area contributed by atoms with Crippen LogP contribution >= 0.6 is 15.9 Å². The van der Waals surface area contributed by atoms with E-state index in [0.29, 0.717) is 17.7 Å². The monoisotopic (exact) mass is 440 g/mol. The first-order chi connectivity index (χ1) is 13.5. The van der Waals surface area contributed by atoms with Crippen LogP contribution in [0, 0.1) is 0 Å². The summed E-state index contributed by atoms with van der Waals surface area (Å²) in [7, 11) is 1.57. The number of aliphatic imine (C=N–C) groups is 1. The highest BCUT2D eigenvalue weighted by Crippen LogP contribution is 2.28. The van der Waals surface area contributed by atoms with Crippen molar-refractivity contribution >= 4 is 45.5 Å². The molecule has 0 bridgehead atoms. The number of benzene rings is 2. The molecule has 4 rings (SSSR count). The fourth-order valence-electron chi connectivity index (χ4n) is 3.20. The number of carbonyl (C=O) groups is 2. The predicted molar refractivity (Wildman–Crippen MR) is 109 cm³/mol. The Kier molecular flexibility index (Phi) is 5.00. The summed E-state index contributed by atoms with van der Waals surface area (Å²) in [6.07, 6.45) is 3.09. The van der Waals surface area contributed by atoms with Gasteiger partial charge in [-0.2, -0.15) is 0 Å². The lowest BCUT2D eigenvalue weighted by Gasteiger charge is -2.15. The Balaban J connectivity index is 1.61. The molecule has 1 amide bonds. The van der Waals surface area contributed by atoms with E-state index in [1.165, 1.54) is 0 Å². The van der Waals surface area contributed by atoms with Gasteiger partial charge in [-0.15, -0.1) is 0 Å². The average Bonchev–Trinajstić information content (AvgIpc) is 3.28. The third-order valence-corrected chi connectivity index (χ3v) is 5.10. The summed E-state index contributed by atoms with van der Waals surface area (Å²) in [4.78, 5) is 30.2. The topological polar surface area (TPSA) is 68.2 Å². The molecule has 2 aliphatic heterocycles. The molecular weight excluding hydrogens is 424 g/mol. The molecule has 0 aromatic heterocycles. The largest absolute Gasteiger partial charge is 0.496 e. The van der Waals surface area contributed by atoms with Gasteiger partial charge in [0.2, 0.25) is 11.8 Å². The second-order valence-electron chi connectivity index (χ2n) is 6.42. The smallest absolute Gasteiger partial charge is 0.363 e. The lowest BCUT2D eigenvalue weighted by molar-refractivity contribution is -0.130. The Bertz CT molecular complexity index is 1010. The number of anilines is 1. The van der Waals surface area contributed by atoms with Gasteiger partial charge in [0.1, 0.15) is 5.75 Å². The van der Waals surface area contributed by atoms with E-state index < -0.39 is 5.97 Å². The van der Waals surface area contributed by atoms with Crippen LogP contribution in [0.2, 0.25) is 0 Å². The first-order valence-electron chi connectivity index (χ1n) is 8.82. The SMILES string of the molecule is COc1ccc(Br)cc1/C=C1\N=C(c2ccc(N3CCCC3=O)cc2)OC1=O. The molecule has 2 aromatic rings. The predicted octanol–water partition coefficient (Wildman–Crippen LogP) is 3.93. The van der Waals surface area contributed by atoms with Crippen LogP contribution < -0.4 is 9.64 Å². The van der Waals surface area contributed by atoms with Crippen LogP contribution in [-0.4, -0.2) is 31.4 Å². The summed E-state index contributed by atoms with van der Waals surface area (Å²) in [5.74, 6) is 0.484. The Morgan fingerprint density at radius 2 is 1.96 bits per heavy atom. The van der Waals surface area contributed by atoms with E-state index in [1.807, 2.05) is 24.3 Å². The molecule has 0 radical (unpaired) electrons. The van der Waals surface area contributed by atoms with Gasteiger partial charge in [-0.05, 0) is 55.0 Å². The minimum Gasteiger partial charge on any atom is -0.496 e. The lowest BCUT2D eigenvalue weighted by atomic mass is 10.1. The number of amides is 1. The van der Waals surface area contributed by atoms with E-state index in [0.717, 1.165) is 28.7 Å². The van der Waals surface area contributed by atoms with Crippen LogP contribution in [0.3, 0.4) is 0 Å². The molecule has 1 fully saturated rings. The van der Waals surface area contributed by atoms with Crippen molar-refractivity contribution < 1.29 is 19.1 Å². The number of hydrogen-bond donors (Lipinski definition) is 0. The molecule has 0 atom stereocenters.